The fraction of sp³-hybridized carbons (Fsp3) is 0.769. The molecular weight excluding hydrogens is 388 g/mol. The normalized spacial score (nSPS) is 19.3. The van der Waals surface area contributed by atoms with Gasteiger partial charge in [0, 0.05) is 13.1 Å². The maximum absolute atomic E-state index is 6.27. The molecule has 31 heavy (non-hydrogen) atoms. The minimum Gasteiger partial charge on any atom is -0.473 e. The first-order chi connectivity index (χ1) is 15.1. The van der Waals surface area contributed by atoms with Crippen molar-refractivity contribution in [1.82, 2.24) is 9.80 Å². The van der Waals surface area contributed by atoms with Crippen molar-refractivity contribution in [2.45, 2.75) is 90.5 Å². The van der Waals surface area contributed by atoms with Crippen molar-refractivity contribution in [3.05, 3.63) is 24.3 Å². The van der Waals surface area contributed by atoms with Crippen LogP contribution < -0.4 is 9.47 Å². The van der Waals surface area contributed by atoms with Crippen LogP contribution in [0.5, 0.6) is 11.5 Å². The van der Waals surface area contributed by atoms with E-state index in [1.165, 1.54) is 64.2 Å². The summed E-state index contributed by atoms with van der Waals surface area (Å²) in [6, 6.07) is 8.02. The van der Waals surface area contributed by atoms with Crippen LogP contribution in [0, 0.1) is 0 Å². The van der Waals surface area contributed by atoms with Crippen molar-refractivity contribution in [2.75, 3.05) is 40.4 Å². The Morgan fingerprint density at radius 1 is 0.645 bits per heavy atom. The molecule has 0 spiro atoms. The number of likely N-dealkylation sites (N-methyl/N-ethyl adjacent to an activating group) is 2. The maximum Gasteiger partial charge on any atom is 0.175 e. The number of fused-ring (bicyclic) bond motifs is 8. The molecule has 0 fully saturated rings. The van der Waals surface area contributed by atoms with E-state index < -0.39 is 0 Å². The molecule has 5 heteroatoms. The van der Waals surface area contributed by atoms with Crippen LogP contribution in [0.15, 0.2) is 24.3 Å². The average Bonchev–Trinajstić information content (AvgIpc) is 2.84. The van der Waals surface area contributed by atoms with Gasteiger partial charge in [-0.3, -0.25) is 9.80 Å². The predicted octanol–water partition coefficient (Wildman–Crippen LogP) is 5.93. The van der Waals surface area contributed by atoms with Crippen molar-refractivity contribution in [1.29, 1.82) is 0 Å². The summed E-state index contributed by atoms with van der Waals surface area (Å²) in [5.41, 5.74) is 0. The highest BCUT2D eigenvalue weighted by Crippen LogP contribution is 2.22. The number of benzene rings is 1. The van der Waals surface area contributed by atoms with Gasteiger partial charge in [-0.2, -0.15) is 0 Å². The van der Waals surface area contributed by atoms with Crippen LogP contribution in [-0.4, -0.2) is 62.7 Å². The highest BCUT2D eigenvalue weighted by molar-refractivity contribution is 5.31. The molecule has 0 amide bonds. The fourth-order valence-electron chi connectivity index (χ4n) is 3.90. The van der Waals surface area contributed by atoms with E-state index >= 15 is 0 Å². The molecule has 2 aliphatic heterocycles. The molecule has 0 aromatic heterocycles. The Kier molecular flexibility index (Phi) is 13.0. The average molecular weight is 435 g/mol. The zero-order valence-corrected chi connectivity index (χ0v) is 20.5. The topological polar surface area (TPSA) is 34.2 Å². The quantitative estimate of drug-likeness (QED) is 0.268. The summed E-state index contributed by atoms with van der Waals surface area (Å²) in [7, 11) is 4.27. The van der Waals surface area contributed by atoms with E-state index in [0.29, 0.717) is 13.2 Å². The van der Waals surface area contributed by atoms with Crippen LogP contribution in [0.3, 0.4) is 0 Å². The van der Waals surface area contributed by atoms with Crippen LogP contribution in [0.25, 0.3) is 0 Å². The molecule has 1 aromatic carbocycles. The highest BCUT2D eigenvalue weighted by atomic mass is 16.6. The smallest absolute Gasteiger partial charge is 0.175 e. The molecule has 0 radical (unpaired) electrons. The second kappa shape index (κ2) is 15.5. The summed E-state index contributed by atoms with van der Waals surface area (Å²) in [6.07, 6.45) is 12.6. The number of rotatable bonds is 14. The van der Waals surface area contributed by atoms with Crippen molar-refractivity contribution in [2.24, 2.45) is 0 Å². The lowest BCUT2D eigenvalue weighted by Crippen LogP contribution is -2.44. The number of nitrogens with zero attached hydrogens (tertiary/aromatic N) is 2. The molecule has 2 aliphatic rings. The van der Waals surface area contributed by atoms with E-state index in [2.05, 4.69) is 37.7 Å². The van der Waals surface area contributed by atoms with Gasteiger partial charge in [0.05, 0.1) is 13.2 Å². The van der Waals surface area contributed by atoms with E-state index in [4.69, 9.17) is 14.2 Å². The van der Waals surface area contributed by atoms with Gasteiger partial charge in [-0.15, -0.1) is 0 Å². The first-order valence-corrected chi connectivity index (χ1v) is 12.6. The van der Waals surface area contributed by atoms with Crippen molar-refractivity contribution in [3.63, 3.8) is 0 Å². The van der Waals surface area contributed by atoms with E-state index in [9.17, 15) is 0 Å². The zero-order chi connectivity index (χ0) is 22.3. The molecule has 0 N–H and O–H groups in total. The van der Waals surface area contributed by atoms with E-state index in [1.807, 2.05) is 24.3 Å². The van der Waals surface area contributed by atoms with Crippen LogP contribution >= 0.6 is 0 Å². The summed E-state index contributed by atoms with van der Waals surface area (Å²) in [6.45, 7) is 7.63. The van der Waals surface area contributed by atoms with Gasteiger partial charge in [0.15, 0.2) is 12.5 Å². The second-order valence-electron chi connectivity index (χ2n) is 8.94. The van der Waals surface area contributed by atoms with E-state index in [1.54, 1.807) is 0 Å². The van der Waals surface area contributed by atoms with Crippen LogP contribution in [0.4, 0.5) is 0 Å². The fourth-order valence-corrected chi connectivity index (χ4v) is 3.90. The zero-order valence-electron chi connectivity index (χ0n) is 20.5. The summed E-state index contributed by atoms with van der Waals surface area (Å²) in [5, 5.41) is 0. The van der Waals surface area contributed by atoms with Crippen molar-refractivity contribution >= 4 is 0 Å². The molecule has 0 saturated carbocycles. The van der Waals surface area contributed by atoms with Crippen LogP contribution in [-0.2, 0) is 4.74 Å². The van der Waals surface area contributed by atoms with Gasteiger partial charge in [0.1, 0.15) is 11.5 Å². The monoisotopic (exact) mass is 434 g/mol. The standard InChI is InChI=1S/C26H46N2O3/c1-5-7-9-11-13-19-27(3)25-21-29-22-26(28(4)20-14-12-10-8-6-2)31-24-17-15-23(30-25)16-18-24/h15-18,25-26H,5-14,19-22H2,1-4H3. The first-order valence-electron chi connectivity index (χ1n) is 12.6. The molecule has 2 unspecified atom stereocenters. The van der Waals surface area contributed by atoms with Gasteiger partial charge in [-0.1, -0.05) is 65.2 Å². The first kappa shape index (κ1) is 26.0. The Labute approximate surface area is 191 Å². The van der Waals surface area contributed by atoms with Gasteiger partial charge in [-0.05, 0) is 51.2 Å². The number of unbranched alkanes of at least 4 members (excludes halogenated alkanes) is 8. The summed E-state index contributed by atoms with van der Waals surface area (Å²) in [5.74, 6) is 1.73. The Balaban J connectivity index is 1.90. The van der Waals surface area contributed by atoms with Crippen molar-refractivity contribution < 1.29 is 14.2 Å². The number of hydrogen-bond acceptors (Lipinski definition) is 5. The van der Waals surface area contributed by atoms with E-state index in [-0.39, 0.29) is 12.5 Å². The van der Waals surface area contributed by atoms with Gasteiger partial charge in [0.2, 0.25) is 0 Å². The lowest BCUT2D eigenvalue weighted by molar-refractivity contribution is -0.0741. The molecule has 0 saturated heterocycles. The molecule has 5 nitrogen and oxygen atoms in total. The molecule has 3 rings (SSSR count). The van der Waals surface area contributed by atoms with Gasteiger partial charge >= 0.3 is 0 Å². The lowest BCUT2D eigenvalue weighted by atomic mass is 10.1. The molecule has 2 atom stereocenters. The van der Waals surface area contributed by atoms with Crippen LogP contribution in [0.2, 0.25) is 0 Å². The molecule has 0 aliphatic carbocycles. The highest BCUT2D eigenvalue weighted by Gasteiger charge is 2.22. The molecule has 178 valence electrons. The van der Waals surface area contributed by atoms with Gasteiger partial charge in [0.25, 0.3) is 0 Å². The number of hydrogen-bond donors (Lipinski definition) is 0. The Morgan fingerprint density at radius 3 is 1.42 bits per heavy atom. The minimum atomic E-state index is -0.0878. The Hall–Kier alpha value is -1.30. The molecular formula is C26H46N2O3. The Bertz CT molecular complexity index is 517. The lowest BCUT2D eigenvalue weighted by Gasteiger charge is -2.30. The summed E-state index contributed by atoms with van der Waals surface area (Å²) in [4.78, 5) is 4.57. The second-order valence-corrected chi connectivity index (χ2v) is 8.94. The maximum atomic E-state index is 6.27. The summed E-state index contributed by atoms with van der Waals surface area (Å²) < 4.78 is 18.7. The third kappa shape index (κ3) is 10.2. The summed E-state index contributed by atoms with van der Waals surface area (Å²) >= 11 is 0. The third-order valence-electron chi connectivity index (χ3n) is 6.10. The molecule has 1 aromatic rings. The number of ether oxygens (including phenoxy) is 3. The van der Waals surface area contributed by atoms with Gasteiger partial charge < -0.3 is 14.2 Å². The predicted molar refractivity (Wildman–Crippen MR) is 129 cm³/mol. The third-order valence-corrected chi connectivity index (χ3v) is 6.10. The molecule has 2 bridgehead atoms. The SMILES string of the molecule is CCCCCCCN(C)C1COCC(N(C)CCCCCCC)Oc2ccc(cc2)O1. The minimum absolute atomic E-state index is 0.0878. The van der Waals surface area contributed by atoms with Gasteiger partial charge in [-0.25, -0.2) is 0 Å². The van der Waals surface area contributed by atoms with Crippen LogP contribution in [0.1, 0.15) is 78.1 Å². The largest absolute Gasteiger partial charge is 0.473 e. The van der Waals surface area contributed by atoms with Crippen molar-refractivity contribution in [3.8, 4) is 11.5 Å². The molecule has 2 heterocycles. The van der Waals surface area contributed by atoms with E-state index in [0.717, 1.165) is 24.6 Å². The Morgan fingerprint density at radius 2 is 1.03 bits per heavy atom.